The maximum atomic E-state index is 12.1. The predicted octanol–water partition coefficient (Wildman–Crippen LogP) is 4.74. The van der Waals surface area contributed by atoms with Crippen molar-refractivity contribution >= 4 is 22.8 Å². The minimum Gasteiger partial charge on any atom is -0.480 e. The zero-order valence-electron chi connectivity index (χ0n) is 20.3. The molecule has 0 unspecified atom stereocenters. The summed E-state index contributed by atoms with van der Waals surface area (Å²) in [5.74, 6) is 1.32. The van der Waals surface area contributed by atoms with Gasteiger partial charge in [0.2, 0.25) is 5.88 Å². The molecule has 1 saturated heterocycles. The third-order valence-electron chi connectivity index (χ3n) is 5.90. The Kier molecular flexibility index (Phi) is 6.19. The lowest BCUT2D eigenvalue weighted by Gasteiger charge is -2.34. The number of hydrogen-bond acceptors (Lipinski definition) is 6. The van der Waals surface area contributed by atoms with Crippen LogP contribution in [0.3, 0.4) is 0 Å². The number of carbonyl (C=O) groups excluding carboxylic acids is 1. The average Bonchev–Trinajstić information content (AvgIpc) is 3.17. The summed E-state index contributed by atoms with van der Waals surface area (Å²) in [5, 5.41) is 3.00. The quantitative estimate of drug-likeness (QED) is 0.595. The molecule has 3 heterocycles. The first kappa shape index (κ1) is 22.9. The van der Waals surface area contributed by atoms with E-state index in [1.165, 1.54) is 0 Å². The molecule has 0 bridgehead atoms. The van der Waals surface area contributed by atoms with Gasteiger partial charge in [-0.2, -0.15) is 0 Å². The van der Waals surface area contributed by atoms with Gasteiger partial charge in [0.15, 0.2) is 0 Å². The highest BCUT2D eigenvalue weighted by atomic mass is 16.6. The van der Waals surface area contributed by atoms with Crippen LogP contribution in [0.2, 0.25) is 0 Å². The highest BCUT2D eigenvalue weighted by Gasteiger charge is 2.24. The van der Waals surface area contributed by atoms with Crippen LogP contribution < -0.4 is 15.0 Å². The van der Waals surface area contributed by atoms with Crippen molar-refractivity contribution in [1.29, 1.82) is 0 Å². The number of carbonyl (C=O) groups is 1. The van der Waals surface area contributed by atoms with E-state index in [2.05, 4.69) is 39.2 Å². The number of hydrogen-bond donors (Lipinski definition) is 2. The van der Waals surface area contributed by atoms with E-state index in [1.54, 1.807) is 13.3 Å². The maximum Gasteiger partial charge on any atom is 0.407 e. The number of ether oxygens (including phenoxy) is 2. The second-order valence-electron chi connectivity index (χ2n) is 9.66. The van der Waals surface area contributed by atoms with Gasteiger partial charge in [-0.25, -0.2) is 14.8 Å². The number of nitrogens with zero attached hydrogens (tertiary/aromatic N) is 3. The number of piperidine rings is 1. The number of aromatic amines is 1. The molecule has 2 aromatic heterocycles. The van der Waals surface area contributed by atoms with Crippen LogP contribution in [0.15, 0.2) is 24.4 Å². The SMILES string of the molecule is COc1nccc(C)c1-c1nc2c(C)cc(N3CCC(NC(=O)OC(C)(C)C)CC3)cc2[nH]1. The van der Waals surface area contributed by atoms with Gasteiger partial charge < -0.3 is 24.7 Å². The number of methoxy groups -OCH3 is 1. The van der Waals surface area contributed by atoms with E-state index in [9.17, 15) is 4.79 Å². The fraction of sp³-hybridized carbons (Fsp3) is 0.480. The lowest BCUT2D eigenvalue weighted by molar-refractivity contribution is 0.0497. The van der Waals surface area contributed by atoms with Crippen LogP contribution in [-0.4, -0.2) is 52.9 Å². The Hall–Kier alpha value is -3.29. The molecule has 1 aliphatic rings. The van der Waals surface area contributed by atoms with Crippen molar-refractivity contribution in [3.63, 3.8) is 0 Å². The van der Waals surface area contributed by atoms with E-state index in [-0.39, 0.29) is 12.1 Å². The van der Waals surface area contributed by atoms with E-state index < -0.39 is 5.60 Å². The molecule has 176 valence electrons. The minimum absolute atomic E-state index is 0.126. The number of alkyl carbamates (subject to hydrolysis) is 1. The highest BCUT2D eigenvalue weighted by Crippen LogP contribution is 2.33. The third-order valence-corrected chi connectivity index (χ3v) is 5.90. The van der Waals surface area contributed by atoms with Gasteiger partial charge in [-0.15, -0.1) is 0 Å². The number of pyridine rings is 1. The van der Waals surface area contributed by atoms with Crippen LogP contribution in [0.4, 0.5) is 10.5 Å². The van der Waals surface area contributed by atoms with Crippen molar-refractivity contribution in [3.8, 4) is 17.3 Å². The van der Waals surface area contributed by atoms with E-state index in [0.717, 1.165) is 65.2 Å². The van der Waals surface area contributed by atoms with Gasteiger partial charge in [0.05, 0.1) is 23.7 Å². The first-order chi connectivity index (χ1) is 15.6. The van der Waals surface area contributed by atoms with Crippen LogP contribution in [0.1, 0.15) is 44.7 Å². The Morgan fingerprint density at radius 1 is 1.18 bits per heavy atom. The fourth-order valence-electron chi connectivity index (χ4n) is 4.30. The van der Waals surface area contributed by atoms with E-state index in [1.807, 2.05) is 33.8 Å². The number of imidazole rings is 1. The number of rotatable bonds is 4. The molecule has 8 heteroatoms. The minimum atomic E-state index is -0.487. The van der Waals surface area contributed by atoms with E-state index in [4.69, 9.17) is 14.5 Å². The molecule has 0 atom stereocenters. The molecule has 0 radical (unpaired) electrons. The third kappa shape index (κ3) is 5.05. The summed E-state index contributed by atoms with van der Waals surface area (Å²) >= 11 is 0. The Morgan fingerprint density at radius 2 is 1.91 bits per heavy atom. The van der Waals surface area contributed by atoms with Gasteiger partial charge >= 0.3 is 6.09 Å². The second kappa shape index (κ2) is 8.92. The Bertz CT molecular complexity index is 1160. The standard InChI is InChI=1S/C25H33N5O3/c1-15-7-10-26-23(32-6)20(15)22-28-19-14-18(13-16(2)21(19)29-22)30-11-8-17(9-12-30)27-24(31)33-25(3,4)5/h7,10,13-14,17H,8-9,11-12H2,1-6H3,(H,27,31)(H,28,29). The van der Waals surface area contributed by atoms with Crippen LogP contribution in [0.25, 0.3) is 22.4 Å². The van der Waals surface area contributed by atoms with Gasteiger partial charge in [-0.05, 0) is 76.8 Å². The number of aromatic nitrogens is 3. The average molecular weight is 452 g/mol. The molecule has 8 nitrogen and oxygen atoms in total. The molecule has 0 spiro atoms. The van der Waals surface area contributed by atoms with Gasteiger partial charge in [-0.1, -0.05) is 0 Å². The molecule has 4 rings (SSSR count). The number of nitrogens with one attached hydrogen (secondary N) is 2. The van der Waals surface area contributed by atoms with Crippen LogP contribution in [0.5, 0.6) is 5.88 Å². The van der Waals surface area contributed by atoms with Crippen molar-refractivity contribution in [2.75, 3.05) is 25.1 Å². The molecular formula is C25H33N5O3. The summed E-state index contributed by atoms with van der Waals surface area (Å²) < 4.78 is 10.9. The largest absolute Gasteiger partial charge is 0.480 e. The maximum absolute atomic E-state index is 12.1. The summed E-state index contributed by atoms with van der Waals surface area (Å²) in [4.78, 5) is 27.1. The summed E-state index contributed by atoms with van der Waals surface area (Å²) in [5.41, 5.74) is 5.64. The Labute approximate surface area is 194 Å². The second-order valence-corrected chi connectivity index (χ2v) is 9.66. The summed E-state index contributed by atoms with van der Waals surface area (Å²) in [6.07, 6.45) is 3.14. The lowest BCUT2D eigenvalue weighted by atomic mass is 10.0. The number of aryl methyl sites for hydroxylation is 2. The topological polar surface area (TPSA) is 92.4 Å². The fourth-order valence-corrected chi connectivity index (χ4v) is 4.30. The molecule has 1 aromatic carbocycles. The summed E-state index contributed by atoms with van der Waals surface area (Å²) in [6, 6.07) is 6.42. The monoisotopic (exact) mass is 451 g/mol. The van der Waals surface area contributed by atoms with Crippen LogP contribution in [-0.2, 0) is 4.74 Å². The summed E-state index contributed by atoms with van der Waals surface area (Å²) in [6.45, 7) is 11.5. The van der Waals surface area contributed by atoms with Crippen molar-refractivity contribution in [3.05, 3.63) is 35.5 Å². The lowest BCUT2D eigenvalue weighted by Crippen LogP contribution is -2.46. The molecular weight excluding hydrogens is 418 g/mol. The molecule has 1 fully saturated rings. The normalized spacial score (nSPS) is 15.0. The van der Waals surface area contributed by atoms with Crippen LogP contribution >= 0.6 is 0 Å². The van der Waals surface area contributed by atoms with Gasteiger partial charge in [0.25, 0.3) is 0 Å². The number of fused-ring (bicyclic) bond motifs is 1. The van der Waals surface area contributed by atoms with Crippen molar-refractivity contribution in [2.24, 2.45) is 0 Å². The van der Waals surface area contributed by atoms with Crippen molar-refractivity contribution in [2.45, 2.75) is 59.1 Å². The Morgan fingerprint density at radius 3 is 2.58 bits per heavy atom. The highest BCUT2D eigenvalue weighted by molar-refractivity contribution is 5.87. The van der Waals surface area contributed by atoms with Gasteiger partial charge in [0.1, 0.15) is 11.4 Å². The number of benzene rings is 1. The molecule has 0 saturated carbocycles. The van der Waals surface area contributed by atoms with Crippen molar-refractivity contribution < 1.29 is 14.3 Å². The number of amides is 1. The molecule has 1 amide bonds. The number of H-pyrrole nitrogens is 1. The van der Waals surface area contributed by atoms with Gasteiger partial charge in [0, 0.05) is 31.0 Å². The Balaban J connectivity index is 1.51. The first-order valence-corrected chi connectivity index (χ1v) is 11.4. The van der Waals surface area contributed by atoms with E-state index >= 15 is 0 Å². The predicted molar refractivity (Wildman–Crippen MR) is 130 cm³/mol. The zero-order valence-corrected chi connectivity index (χ0v) is 20.3. The van der Waals surface area contributed by atoms with Crippen LogP contribution in [0, 0.1) is 13.8 Å². The van der Waals surface area contributed by atoms with E-state index in [0.29, 0.717) is 5.88 Å². The smallest absolute Gasteiger partial charge is 0.407 e. The zero-order chi connectivity index (χ0) is 23.8. The molecule has 0 aliphatic carbocycles. The number of anilines is 1. The van der Waals surface area contributed by atoms with Gasteiger partial charge in [-0.3, -0.25) is 0 Å². The molecule has 33 heavy (non-hydrogen) atoms. The van der Waals surface area contributed by atoms with Crippen molar-refractivity contribution in [1.82, 2.24) is 20.3 Å². The molecule has 2 N–H and O–H groups in total. The molecule has 1 aliphatic heterocycles. The summed E-state index contributed by atoms with van der Waals surface area (Å²) in [7, 11) is 1.62. The molecule has 3 aromatic rings. The first-order valence-electron chi connectivity index (χ1n) is 11.4.